The van der Waals surface area contributed by atoms with Gasteiger partial charge in [0, 0.05) is 27.8 Å². The van der Waals surface area contributed by atoms with Crippen molar-refractivity contribution in [3.8, 4) is 11.5 Å². The number of methoxy groups -OCH3 is 2. The van der Waals surface area contributed by atoms with Crippen molar-refractivity contribution in [1.82, 2.24) is 4.98 Å². The van der Waals surface area contributed by atoms with Crippen LogP contribution in [0.5, 0.6) is 11.5 Å². The summed E-state index contributed by atoms with van der Waals surface area (Å²) in [4.78, 5) is 3.99. The summed E-state index contributed by atoms with van der Waals surface area (Å²) in [7, 11) is 3.12. The molecule has 71 valence electrons. The fourth-order valence-electron chi connectivity index (χ4n) is 1.11. The monoisotopic (exact) mass is 226 g/mol. The fraction of sp³-hybridized carbons (Fsp3) is 0.222. The van der Waals surface area contributed by atoms with Crippen molar-refractivity contribution in [2.45, 2.75) is 0 Å². The van der Waals surface area contributed by atoms with Crippen LogP contribution in [0.3, 0.4) is 0 Å². The van der Waals surface area contributed by atoms with Crippen LogP contribution in [0.1, 0.15) is 0 Å². The van der Waals surface area contributed by atoms with E-state index in [0.717, 1.165) is 0 Å². The Morgan fingerprint density at radius 3 is 2.79 bits per heavy atom. The molecule has 0 N–H and O–H groups in total. The van der Waals surface area contributed by atoms with Gasteiger partial charge in [0.15, 0.2) is 17.7 Å². The normalized spacial score (nSPS) is 9.57. The van der Waals surface area contributed by atoms with Crippen molar-refractivity contribution in [3.05, 3.63) is 18.5 Å². The van der Waals surface area contributed by atoms with Crippen LogP contribution in [0.2, 0.25) is 0 Å². The van der Waals surface area contributed by atoms with E-state index in [1.807, 2.05) is 0 Å². The van der Waals surface area contributed by atoms with Crippen LogP contribution in [0.25, 0.3) is 11.1 Å². The summed E-state index contributed by atoms with van der Waals surface area (Å²) in [5, 5.41) is 0. The maximum atomic E-state index is 5.12. The topological polar surface area (TPSA) is 44.5 Å². The Morgan fingerprint density at radius 2 is 2.14 bits per heavy atom. The molecule has 0 fully saturated rings. The van der Waals surface area contributed by atoms with Crippen LogP contribution in [0, 0.1) is 6.07 Å². The number of benzene rings is 1. The van der Waals surface area contributed by atoms with Gasteiger partial charge < -0.3 is 13.9 Å². The van der Waals surface area contributed by atoms with Gasteiger partial charge in [-0.15, -0.1) is 0 Å². The van der Waals surface area contributed by atoms with Crippen LogP contribution >= 0.6 is 0 Å². The predicted molar refractivity (Wildman–Crippen MR) is 45.9 cm³/mol. The summed E-state index contributed by atoms with van der Waals surface area (Å²) in [6, 6.07) is 4.63. The number of ether oxygens (including phenoxy) is 2. The van der Waals surface area contributed by atoms with Crippen LogP contribution in [0.4, 0.5) is 0 Å². The molecule has 1 aromatic carbocycles. The molecule has 0 aliphatic heterocycles. The second-order valence-electron chi connectivity index (χ2n) is 2.44. The molecule has 0 aliphatic rings. The molecule has 1 radical (unpaired) electrons. The van der Waals surface area contributed by atoms with E-state index in [2.05, 4.69) is 11.1 Å². The molecule has 1 heterocycles. The van der Waals surface area contributed by atoms with E-state index >= 15 is 0 Å². The molecule has 2 aromatic rings. The number of aromatic nitrogens is 1. The molecule has 0 spiro atoms. The molecule has 4 nitrogen and oxygen atoms in total. The van der Waals surface area contributed by atoms with Gasteiger partial charge in [-0.2, -0.15) is 0 Å². The first kappa shape index (κ1) is 11.1. The molecule has 0 saturated carbocycles. The molecule has 0 aliphatic carbocycles. The number of hydrogen-bond acceptors (Lipinski definition) is 4. The molecule has 0 bridgehead atoms. The van der Waals surface area contributed by atoms with E-state index in [1.54, 1.807) is 20.3 Å². The van der Waals surface area contributed by atoms with Crippen molar-refractivity contribution in [3.63, 3.8) is 0 Å². The zero-order valence-corrected chi connectivity index (χ0v) is 9.39. The Bertz CT molecular complexity index is 427. The predicted octanol–water partition coefficient (Wildman–Crippen LogP) is 1.64. The van der Waals surface area contributed by atoms with E-state index in [9.17, 15) is 0 Å². The van der Waals surface area contributed by atoms with Gasteiger partial charge >= 0.3 is 0 Å². The number of oxazole rings is 1. The summed E-state index contributed by atoms with van der Waals surface area (Å²) in [5.41, 5.74) is 1.29. The van der Waals surface area contributed by atoms with E-state index in [0.29, 0.717) is 22.6 Å². The maximum Gasteiger partial charge on any atom is 0.197 e. The van der Waals surface area contributed by atoms with Gasteiger partial charge in [0.05, 0.1) is 20.3 Å². The molecule has 14 heavy (non-hydrogen) atoms. The van der Waals surface area contributed by atoms with Crippen molar-refractivity contribution >= 4 is 11.1 Å². The average Bonchev–Trinajstić information content (AvgIpc) is 2.63. The average molecular weight is 226 g/mol. The first-order valence-corrected chi connectivity index (χ1v) is 3.72. The maximum absolute atomic E-state index is 5.12. The Labute approximate surface area is 96.1 Å². The van der Waals surface area contributed by atoms with Crippen LogP contribution in [-0.4, -0.2) is 19.2 Å². The number of fused-ring (bicyclic) bond motifs is 1. The van der Waals surface area contributed by atoms with Crippen molar-refractivity contribution in [2.24, 2.45) is 0 Å². The van der Waals surface area contributed by atoms with Gasteiger partial charge in [-0.3, -0.25) is 0 Å². The summed E-state index contributed by atoms with van der Waals surface area (Å²) in [5.74, 6) is 1.09. The number of hydrogen-bond donors (Lipinski definition) is 0. The third kappa shape index (κ3) is 1.76. The largest absolute Gasteiger partial charge is 0.496 e. The SMILES string of the molecule is COc1[c]c(OC)c2ocnc2c1.[Ti]. The summed E-state index contributed by atoms with van der Waals surface area (Å²) < 4.78 is 15.2. The van der Waals surface area contributed by atoms with Crippen molar-refractivity contribution < 1.29 is 35.6 Å². The molecular weight excluding hydrogens is 218 g/mol. The molecule has 1 aromatic heterocycles. The van der Waals surface area contributed by atoms with E-state index in [1.165, 1.54) is 6.39 Å². The summed E-state index contributed by atoms with van der Waals surface area (Å²) in [6.07, 6.45) is 1.36. The van der Waals surface area contributed by atoms with E-state index in [4.69, 9.17) is 13.9 Å². The fourth-order valence-corrected chi connectivity index (χ4v) is 1.11. The Balaban J connectivity index is 0.000000980. The van der Waals surface area contributed by atoms with Gasteiger partial charge in [0.1, 0.15) is 11.3 Å². The Hall–Kier alpha value is -0.996. The van der Waals surface area contributed by atoms with Crippen LogP contribution in [-0.2, 0) is 21.7 Å². The van der Waals surface area contributed by atoms with Crippen LogP contribution in [0.15, 0.2) is 16.9 Å². The number of rotatable bonds is 2. The second kappa shape index (κ2) is 4.48. The Kier molecular flexibility index (Phi) is 3.55. The smallest absolute Gasteiger partial charge is 0.197 e. The zero-order chi connectivity index (χ0) is 9.26. The standard InChI is InChI=1S/C9H8NO3.Ti/c1-11-6-3-7-9(13-5-10-7)8(4-6)12-2;/h3,5H,1-2H3;. The molecular formula is C9H8NO3Ti. The van der Waals surface area contributed by atoms with Crippen molar-refractivity contribution in [2.75, 3.05) is 14.2 Å². The first-order chi connectivity index (χ1) is 6.35. The third-order valence-corrected chi connectivity index (χ3v) is 1.73. The molecule has 0 amide bonds. The minimum absolute atomic E-state index is 0. The van der Waals surface area contributed by atoms with Gasteiger partial charge in [0.25, 0.3) is 0 Å². The summed E-state index contributed by atoms with van der Waals surface area (Å²) >= 11 is 0. The van der Waals surface area contributed by atoms with Crippen LogP contribution < -0.4 is 9.47 Å². The molecule has 0 saturated heterocycles. The van der Waals surface area contributed by atoms with E-state index < -0.39 is 0 Å². The van der Waals surface area contributed by atoms with Gasteiger partial charge in [-0.1, -0.05) is 0 Å². The Morgan fingerprint density at radius 1 is 1.36 bits per heavy atom. The minimum Gasteiger partial charge on any atom is -0.496 e. The quantitative estimate of drug-likeness (QED) is 0.730. The number of nitrogens with zero attached hydrogens (tertiary/aromatic N) is 1. The summed E-state index contributed by atoms with van der Waals surface area (Å²) in [6.45, 7) is 0. The second-order valence-corrected chi connectivity index (χ2v) is 2.44. The van der Waals surface area contributed by atoms with E-state index in [-0.39, 0.29) is 21.7 Å². The molecule has 0 unspecified atom stereocenters. The first-order valence-electron chi connectivity index (χ1n) is 3.72. The molecule has 5 heteroatoms. The minimum atomic E-state index is 0. The zero-order valence-electron chi connectivity index (χ0n) is 7.83. The van der Waals surface area contributed by atoms with Gasteiger partial charge in [0.2, 0.25) is 0 Å². The third-order valence-electron chi connectivity index (χ3n) is 1.73. The molecule has 2 rings (SSSR count). The van der Waals surface area contributed by atoms with Crippen molar-refractivity contribution in [1.29, 1.82) is 0 Å². The van der Waals surface area contributed by atoms with Gasteiger partial charge in [-0.25, -0.2) is 4.98 Å². The van der Waals surface area contributed by atoms with Gasteiger partial charge in [-0.05, 0) is 0 Å². The molecule has 0 atom stereocenters.